The molecular formula is C30H42O7. The van der Waals surface area contributed by atoms with Crippen LogP contribution < -0.4 is 0 Å². The lowest BCUT2D eigenvalue weighted by atomic mass is 9.36. The number of carbonyl (C=O) groups excluding carboxylic acids is 1. The van der Waals surface area contributed by atoms with Crippen LogP contribution in [-0.2, 0) is 28.5 Å². The molecule has 3 saturated carbocycles. The van der Waals surface area contributed by atoms with Gasteiger partial charge in [0.15, 0.2) is 17.9 Å². The van der Waals surface area contributed by atoms with Crippen LogP contribution in [0.15, 0.2) is 23.5 Å². The number of hydrogen-bond acceptors (Lipinski definition) is 7. The normalized spacial score (nSPS) is 50.5. The van der Waals surface area contributed by atoms with Crippen molar-refractivity contribution in [3.8, 4) is 0 Å². The number of allylic oxidation sites excluding steroid dienone is 1. The Balaban J connectivity index is 1.44. The second-order valence-corrected chi connectivity index (χ2v) is 14.3. The van der Waals surface area contributed by atoms with Crippen LogP contribution in [-0.4, -0.2) is 54.2 Å². The lowest BCUT2D eigenvalue weighted by Crippen LogP contribution is -2.87. The van der Waals surface area contributed by atoms with Gasteiger partial charge < -0.3 is 28.8 Å². The van der Waals surface area contributed by atoms with Gasteiger partial charge in [0.1, 0.15) is 17.3 Å². The summed E-state index contributed by atoms with van der Waals surface area (Å²) in [5, 5.41) is 12.5. The monoisotopic (exact) mass is 514 g/mol. The van der Waals surface area contributed by atoms with E-state index in [2.05, 4.69) is 34.3 Å². The summed E-state index contributed by atoms with van der Waals surface area (Å²) in [6.45, 7) is 17.7. The molecule has 6 fully saturated rings. The number of rotatable bonds is 3. The SMILES string of the molecule is C=C1C(=O)[C@@]23C4OC(C)(C)O[C@]25OC[C@]2(C6=C(CC[C@H](OCC(C)C)O6)CC(C)(C)[C@H]2[C@@H]5O)[C@@H]3CC[C@@H]14. The Kier molecular flexibility index (Phi) is 4.87. The van der Waals surface area contributed by atoms with Gasteiger partial charge in [-0.1, -0.05) is 34.3 Å². The van der Waals surface area contributed by atoms with Crippen molar-refractivity contribution >= 4 is 5.78 Å². The average molecular weight is 515 g/mol. The van der Waals surface area contributed by atoms with Crippen molar-refractivity contribution in [1.29, 1.82) is 0 Å². The van der Waals surface area contributed by atoms with E-state index in [9.17, 15) is 9.90 Å². The highest BCUT2D eigenvalue weighted by Crippen LogP contribution is 2.80. The van der Waals surface area contributed by atoms with Crippen molar-refractivity contribution in [3.63, 3.8) is 0 Å². The summed E-state index contributed by atoms with van der Waals surface area (Å²) in [7, 11) is 0. The molecule has 3 spiro atoms. The van der Waals surface area contributed by atoms with Gasteiger partial charge in [0.25, 0.3) is 0 Å². The molecule has 37 heavy (non-hydrogen) atoms. The van der Waals surface area contributed by atoms with Crippen LogP contribution >= 0.6 is 0 Å². The number of Topliss-reactive ketones (excluding diaryl/α,β-unsaturated/α-hetero) is 1. The highest BCUT2D eigenvalue weighted by molar-refractivity contribution is 6.05. The number of aliphatic hydroxyl groups excluding tert-OH is 1. The lowest BCUT2D eigenvalue weighted by Gasteiger charge is -2.77. The van der Waals surface area contributed by atoms with Gasteiger partial charge in [-0.3, -0.25) is 4.79 Å². The van der Waals surface area contributed by atoms with E-state index in [0.717, 1.165) is 37.9 Å². The summed E-state index contributed by atoms with van der Waals surface area (Å²) in [5.74, 6) is -1.63. The highest BCUT2D eigenvalue weighted by atomic mass is 16.8. The molecule has 0 aromatic carbocycles. The minimum Gasteiger partial charge on any atom is -0.469 e. The molecule has 0 amide bonds. The van der Waals surface area contributed by atoms with E-state index in [-0.39, 0.29) is 35.2 Å². The molecule has 7 heteroatoms. The molecule has 0 aromatic rings. The first-order valence-electron chi connectivity index (χ1n) is 14.3. The number of ketones is 1. The molecule has 4 aliphatic heterocycles. The number of aliphatic hydroxyl groups is 1. The zero-order valence-corrected chi connectivity index (χ0v) is 23.1. The summed E-state index contributed by atoms with van der Waals surface area (Å²) in [6, 6.07) is 0. The molecule has 4 bridgehead atoms. The second kappa shape index (κ2) is 7.28. The van der Waals surface area contributed by atoms with Crippen molar-refractivity contribution in [2.75, 3.05) is 13.2 Å². The van der Waals surface area contributed by atoms with Gasteiger partial charge in [-0.05, 0) is 67.9 Å². The van der Waals surface area contributed by atoms with Gasteiger partial charge >= 0.3 is 0 Å². The molecular weight excluding hydrogens is 472 g/mol. The average Bonchev–Trinajstić information content (AvgIpc) is 2.92. The minimum absolute atomic E-state index is 0.0500. The maximum atomic E-state index is 14.4. The van der Waals surface area contributed by atoms with E-state index >= 15 is 0 Å². The summed E-state index contributed by atoms with van der Waals surface area (Å²) in [5.41, 5.74) is -0.153. The molecule has 1 unspecified atom stereocenters. The largest absolute Gasteiger partial charge is 0.469 e. The van der Waals surface area contributed by atoms with Crippen molar-refractivity contribution in [3.05, 3.63) is 23.5 Å². The van der Waals surface area contributed by atoms with E-state index in [0.29, 0.717) is 24.7 Å². The molecule has 7 nitrogen and oxygen atoms in total. The van der Waals surface area contributed by atoms with E-state index in [1.807, 2.05) is 13.8 Å². The van der Waals surface area contributed by atoms with Gasteiger partial charge in [-0.25, -0.2) is 0 Å². The first kappa shape index (κ1) is 24.8. The molecule has 0 radical (unpaired) electrons. The third-order valence-corrected chi connectivity index (χ3v) is 10.8. The first-order valence-corrected chi connectivity index (χ1v) is 14.3. The number of carbonyl (C=O) groups is 1. The van der Waals surface area contributed by atoms with Crippen LogP contribution in [0.4, 0.5) is 0 Å². The number of ether oxygens (including phenoxy) is 5. The summed E-state index contributed by atoms with van der Waals surface area (Å²) < 4.78 is 33.0. The maximum absolute atomic E-state index is 14.4. The van der Waals surface area contributed by atoms with E-state index in [1.165, 1.54) is 5.57 Å². The number of hydrogen-bond donors (Lipinski definition) is 1. The van der Waals surface area contributed by atoms with E-state index in [4.69, 9.17) is 23.7 Å². The highest BCUT2D eigenvalue weighted by Gasteiger charge is 2.90. The molecule has 3 saturated heterocycles. The Labute approximate surface area is 219 Å². The molecule has 4 heterocycles. The Morgan fingerprint density at radius 1 is 1.16 bits per heavy atom. The van der Waals surface area contributed by atoms with Gasteiger partial charge in [-0.15, -0.1) is 0 Å². The van der Waals surface area contributed by atoms with Crippen molar-refractivity contribution in [2.45, 2.75) is 104 Å². The van der Waals surface area contributed by atoms with E-state index < -0.39 is 34.6 Å². The fraction of sp³-hybridized carbons (Fsp3) is 0.833. The van der Waals surface area contributed by atoms with Gasteiger partial charge in [-0.2, -0.15) is 0 Å². The summed E-state index contributed by atoms with van der Waals surface area (Å²) in [4.78, 5) is 14.4. The quantitative estimate of drug-likeness (QED) is 0.556. The zero-order valence-electron chi connectivity index (χ0n) is 23.1. The van der Waals surface area contributed by atoms with Crippen LogP contribution in [0.25, 0.3) is 0 Å². The van der Waals surface area contributed by atoms with Crippen LogP contribution in [0.5, 0.6) is 0 Å². The fourth-order valence-corrected chi connectivity index (χ4v) is 10.1. The first-order chi connectivity index (χ1) is 17.3. The third kappa shape index (κ3) is 2.69. The smallest absolute Gasteiger partial charge is 0.213 e. The van der Waals surface area contributed by atoms with Crippen LogP contribution in [0.2, 0.25) is 0 Å². The van der Waals surface area contributed by atoms with E-state index in [1.54, 1.807) is 0 Å². The fourth-order valence-electron chi connectivity index (χ4n) is 10.1. The Morgan fingerprint density at radius 2 is 1.92 bits per heavy atom. The van der Waals surface area contributed by atoms with Crippen molar-refractivity contribution in [1.82, 2.24) is 0 Å². The molecule has 8 rings (SSSR count). The maximum Gasteiger partial charge on any atom is 0.213 e. The predicted octanol–water partition coefficient (Wildman–Crippen LogP) is 4.49. The third-order valence-electron chi connectivity index (χ3n) is 10.8. The molecule has 9 atom stereocenters. The minimum atomic E-state index is -1.47. The zero-order chi connectivity index (χ0) is 26.3. The lowest BCUT2D eigenvalue weighted by molar-refractivity contribution is -0.527. The Morgan fingerprint density at radius 3 is 2.65 bits per heavy atom. The molecule has 8 aliphatic rings. The molecule has 4 aliphatic carbocycles. The second-order valence-electron chi connectivity index (χ2n) is 14.3. The van der Waals surface area contributed by atoms with Crippen LogP contribution in [0, 0.1) is 39.9 Å². The van der Waals surface area contributed by atoms with Crippen LogP contribution in [0.3, 0.4) is 0 Å². The van der Waals surface area contributed by atoms with Crippen LogP contribution in [0.1, 0.15) is 73.6 Å². The van der Waals surface area contributed by atoms with Crippen molar-refractivity contribution < 1.29 is 33.6 Å². The predicted molar refractivity (Wildman–Crippen MR) is 134 cm³/mol. The standard InChI is InChI=1S/C30H42O7/c1-15(2)13-33-20-11-8-17-12-26(4,5)21-23(32)30-29-19(28(21,14-34-30)24(17)35-20)10-9-18(16(3)22(29)31)25(29)36-27(6,7)37-30/h15,18-21,23,25,32H,3,8-14H2,1-2,4-7H3/t18-,19-,20+,21+,23-,25?,28-,29-,30-/m0/s1. The molecule has 204 valence electrons. The summed E-state index contributed by atoms with van der Waals surface area (Å²) >= 11 is 0. The van der Waals surface area contributed by atoms with Gasteiger partial charge in [0.05, 0.1) is 24.7 Å². The Bertz CT molecular complexity index is 1110. The Hall–Kier alpha value is -1.25. The number of fused-ring (bicyclic) bond motifs is 1. The summed E-state index contributed by atoms with van der Waals surface area (Å²) in [6.07, 6.45) is 2.41. The van der Waals surface area contributed by atoms with Gasteiger partial charge in [0.2, 0.25) is 5.79 Å². The van der Waals surface area contributed by atoms with Crippen molar-refractivity contribution in [2.24, 2.45) is 39.9 Å². The molecule has 1 N–H and O–H groups in total. The topological polar surface area (TPSA) is 83.5 Å². The molecule has 0 aromatic heterocycles. The van der Waals surface area contributed by atoms with Gasteiger partial charge in [0, 0.05) is 18.3 Å².